The normalized spacial score (nSPS) is 20.5. The quantitative estimate of drug-likeness (QED) is 0.811. The van der Waals surface area contributed by atoms with E-state index in [0.717, 1.165) is 37.0 Å². The lowest BCUT2D eigenvalue weighted by Gasteiger charge is -2.11. The van der Waals surface area contributed by atoms with Crippen LogP contribution in [0.1, 0.15) is 21.4 Å². The standard InChI is InChI=1S/C12H15N3/c1-2-6-11-10(5-1)13-12(14-11)9-15-7-3-4-8-15/h1-2,5-6H,3-4,7-9H2,(H,13,14)/i9D2. The van der Waals surface area contributed by atoms with E-state index in [1.54, 1.807) is 0 Å². The van der Waals surface area contributed by atoms with Crippen molar-refractivity contribution in [3.63, 3.8) is 0 Å². The fourth-order valence-corrected chi connectivity index (χ4v) is 1.98. The molecule has 3 nitrogen and oxygen atoms in total. The van der Waals surface area contributed by atoms with Crippen LogP contribution in [0.25, 0.3) is 11.0 Å². The highest BCUT2D eigenvalue weighted by atomic mass is 15.2. The molecule has 78 valence electrons. The van der Waals surface area contributed by atoms with Crippen LogP contribution in [0.2, 0.25) is 0 Å². The summed E-state index contributed by atoms with van der Waals surface area (Å²) in [6.45, 7) is 0.129. The monoisotopic (exact) mass is 203 g/mol. The van der Waals surface area contributed by atoms with Crippen molar-refractivity contribution in [1.82, 2.24) is 14.9 Å². The zero-order chi connectivity index (χ0) is 11.9. The minimum absolute atomic E-state index is 0.417. The summed E-state index contributed by atoms with van der Waals surface area (Å²) >= 11 is 0. The minimum atomic E-state index is -1.49. The maximum Gasteiger partial charge on any atom is 0.121 e. The van der Waals surface area contributed by atoms with Gasteiger partial charge in [-0.15, -0.1) is 0 Å². The average Bonchev–Trinajstić information content (AvgIpc) is 2.98. The molecular formula is C12H15N3. The molecule has 0 amide bonds. The first-order chi connectivity index (χ1) is 8.18. The first-order valence-corrected chi connectivity index (χ1v) is 5.38. The Hall–Kier alpha value is -1.35. The number of likely N-dealkylation sites (tertiary alicyclic amines) is 1. The SMILES string of the molecule is [2H]C([2H])(c1nc2ccccc2[nH]1)N1CCCC1. The smallest absolute Gasteiger partial charge is 0.121 e. The van der Waals surface area contributed by atoms with Gasteiger partial charge < -0.3 is 4.98 Å². The van der Waals surface area contributed by atoms with Crippen molar-refractivity contribution in [2.75, 3.05) is 13.1 Å². The number of aromatic nitrogens is 2. The number of nitrogens with one attached hydrogen (secondary N) is 1. The summed E-state index contributed by atoms with van der Waals surface area (Å²) < 4.78 is 16.4. The fraction of sp³-hybridized carbons (Fsp3) is 0.417. The van der Waals surface area contributed by atoms with E-state index in [4.69, 9.17) is 2.74 Å². The van der Waals surface area contributed by atoms with Gasteiger partial charge in [0.25, 0.3) is 0 Å². The summed E-state index contributed by atoms with van der Waals surface area (Å²) in [6, 6.07) is 7.66. The van der Waals surface area contributed by atoms with Gasteiger partial charge in [-0.3, -0.25) is 4.90 Å². The third-order valence-electron chi connectivity index (χ3n) is 2.76. The van der Waals surface area contributed by atoms with Crippen molar-refractivity contribution in [3.05, 3.63) is 30.1 Å². The lowest BCUT2D eigenvalue weighted by Crippen LogP contribution is -2.19. The van der Waals surface area contributed by atoms with Crippen LogP contribution in [-0.2, 0) is 6.50 Å². The molecule has 1 fully saturated rings. The van der Waals surface area contributed by atoms with Crippen LogP contribution in [-0.4, -0.2) is 28.0 Å². The van der Waals surface area contributed by atoms with Crippen LogP contribution in [0.4, 0.5) is 0 Å². The number of nitrogens with zero attached hydrogens (tertiary/aromatic N) is 2. The van der Waals surface area contributed by atoms with Crippen molar-refractivity contribution in [2.24, 2.45) is 0 Å². The number of hydrogen-bond donors (Lipinski definition) is 1. The van der Waals surface area contributed by atoms with Gasteiger partial charge in [0.15, 0.2) is 0 Å². The van der Waals surface area contributed by atoms with Crippen LogP contribution in [0.3, 0.4) is 0 Å². The predicted molar refractivity (Wildman–Crippen MR) is 60.6 cm³/mol. The molecule has 1 N–H and O–H groups in total. The minimum Gasteiger partial charge on any atom is -0.341 e. The van der Waals surface area contributed by atoms with Crippen LogP contribution in [0.15, 0.2) is 24.3 Å². The molecule has 1 aromatic heterocycles. The predicted octanol–water partition coefficient (Wildman–Crippen LogP) is 2.16. The Morgan fingerprint density at radius 3 is 2.93 bits per heavy atom. The molecule has 15 heavy (non-hydrogen) atoms. The van der Waals surface area contributed by atoms with Crippen molar-refractivity contribution >= 4 is 11.0 Å². The van der Waals surface area contributed by atoms with E-state index in [0.29, 0.717) is 5.82 Å². The van der Waals surface area contributed by atoms with Gasteiger partial charge in [-0.2, -0.15) is 0 Å². The Balaban J connectivity index is 2.01. The zero-order valence-electron chi connectivity index (χ0n) is 10.5. The molecule has 0 atom stereocenters. The summed E-state index contributed by atoms with van der Waals surface area (Å²) in [4.78, 5) is 9.29. The molecular weight excluding hydrogens is 186 g/mol. The van der Waals surface area contributed by atoms with Gasteiger partial charge in [-0.05, 0) is 38.1 Å². The first-order valence-electron chi connectivity index (χ1n) is 6.38. The van der Waals surface area contributed by atoms with Gasteiger partial charge in [0, 0.05) is 0 Å². The summed E-state index contributed by atoms with van der Waals surface area (Å²) in [7, 11) is 0. The van der Waals surface area contributed by atoms with Gasteiger partial charge in [0.1, 0.15) is 5.82 Å². The van der Waals surface area contributed by atoms with Crippen molar-refractivity contribution in [1.29, 1.82) is 0 Å². The Morgan fingerprint density at radius 2 is 2.13 bits per heavy atom. The molecule has 0 spiro atoms. The fourth-order valence-electron chi connectivity index (χ4n) is 1.98. The van der Waals surface area contributed by atoms with Gasteiger partial charge in [-0.25, -0.2) is 4.98 Å². The van der Waals surface area contributed by atoms with Crippen LogP contribution in [0, 0.1) is 0 Å². The lowest BCUT2D eigenvalue weighted by molar-refractivity contribution is 0.324. The molecule has 0 bridgehead atoms. The zero-order valence-corrected chi connectivity index (χ0v) is 8.53. The molecule has 0 radical (unpaired) electrons. The summed E-state index contributed by atoms with van der Waals surface area (Å²) in [6.07, 6.45) is 2.14. The number of H-pyrrole nitrogens is 1. The summed E-state index contributed by atoms with van der Waals surface area (Å²) in [5.74, 6) is 0.417. The third-order valence-corrected chi connectivity index (χ3v) is 2.76. The Bertz CT molecular complexity index is 496. The number of para-hydroxylation sites is 2. The Labute approximate surface area is 91.9 Å². The van der Waals surface area contributed by atoms with E-state index in [1.165, 1.54) is 0 Å². The number of benzene rings is 1. The number of rotatable bonds is 2. The van der Waals surface area contributed by atoms with Gasteiger partial charge in [-0.1, -0.05) is 12.1 Å². The molecule has 0 aliphatic carbocycles. The van der Waals surface area contributed by atoms with E-state index in [2.05, 4.69) is 9.97 Å². The van der Waals surface area contributed by atoms with Crippen molar-refractivity contribution in [3.8, 4) is 0 Å². The van der Waals surface area contributed by atoms with Crippen molar-refractivity contribution < 1.29 is 2.74 Å². The topological polar surface area (TPSA) is 31.9 Å². The third kappa shape index (κ3) is 1.75. The highest BCUT2D eigenvalue weighted by Gasteiger charge is 2.13. The molecule has 1 saturated heterocycles. The highest BCUT2D eigenvalue weighted by molar-refractivity contribution is 5.74. The van der Waals surface area contributed by atoms with E-state index < -0.39 is 6.50 Å². The maximum atomic E-state index is 8.20. The second kappa shape index (κ2) is 3.66. The number of aromatic amines is 1. The molecule has 0 unspecified atom stereocenters. The van der Waals surface area contributed by atoms with Crippen LogP contribution in [0.5, 0.6) is 0 Å². The van der Waals surface area contributed by atoms with E-state index in [-0.39, 0.29) is 0 Å². The molecule has 2 heterocycles. The largest absolute Gasteiger partial charge is 0.341 e. The highest BCUT2D eigenvalue weighted by Crippen LogP contribution is 2.14. The van der Waals surface area contributed by atoms with Crippen molar-refractivity contribution in [2.45, 2.75) is 19.3 Å². The molecule has 0 saturated carbocycles. The number of imidazole rings is 1. The Morgan fingerprint density at radius 1 is 1.33 bits per heavy atom. The number of hydrogen-bond acceptors (Lipinski definition) is 2. The van der Waals surface area contributed by atoms with E-state index in [1.807, 2.05) is 29.2 Å². The molecule has 2 aromatic rings. The molecule has 3 heteroatoms. The molecule has 3 rings (SSSR count). The van der Waals surface area contributed by atoms with E-state index >= 15 is 0 Å². The second-order valence-corrected chi connectivity index (χ2v) is 3.91. The van der Waals surface area contributed by atoms with Crippen LogP contribution >= 0.6 is 0 Å². The Kier molecular flexibility index (Phi) is 1.71. The molecule has 1 aliphatic heterocycles. The molecule has 1 aliphatic rings. The average molecular weight is 203 g/mol. The first kappa shape index (κ1) is 7.01. The maximum absolute atomic E-state index is 8.20. The number of fused-ring (bicyclic) bond motifs is 1. The second-order valence-electron chi connectivity index (χ2n) is 3.91. The molecule has 1 aromatic carbocycles. The summed E-state index contributed by atoms with van der Waals surface area (Å²) in [5, 5.41) is 0. The van der Waals surface area contributed by atoms with Gasteiger partial charge >= 0.3 is 0 Å². The van der Waals surface area contributed by atoms with E-state index in [9.17, 15) is 0 Å². The van der Waals surface area contributed by atoms with Gasteiger partial charge in [0.2, 0.25) is 0 Å². The lowest BCUT2D eigenvalue weighted by atomic mass is 10.3. The summed E-state index contributed by atoms with van der Waals surface area (Å²) in [5.41, 5.74) is 1.72. The van der Waals surface area contributed by atoms with Gasteiger partial charge in [0.05, 0.1) is 20.3 Å². The van der Waals surface area contributed by atoms with Crippen LogP contribution < -0.4 is 0 Å².